The number of halogens is 1. The van der Waals surface area contributed by atoms with Crippen molar-refractivity contribution in [2.24, 2.45) is 0 Å². The molecule has 0 rings (SSSR count). The Morgan fingerprint density at radius 3 is 1.87 bits per heavy atom. The van der Waals surface area contributed by atoms with Crippen molar-refractivity contribution in [2.45, 2.75) is 60.3 Å². The van der Waals surface area contributed by atoms with Gasteiger partial charge in [0, 0.05) is 6.42 Å². The molecule has 2 heteroatoms. The molecule has 0 aromatic rings. The van der Waals surface area contributed by atoms with Gasteiger partial charge in [-0.2, -0.15) is 0 Å². The highest BCUT2D eigenvalue weighted by Crippen LogP contribution is 2.14. The Hall–Kier alpha value is -0.790. The highest BCUT2D eigenvalue weighted by molar-refractivity contribution is 5.09. The van der Waals surface area contributed by atoms with Crippen LogP contribution < -0.4 is 0 Å². The van der Waals surface area contributed by atoms with Crippen molar-refractivity contribution >= 4 is 0 Å². The minimum Gasteiger partial charge on any atom is -0.509 e. The number of hydrogen-bond donors (Lipinski definition) is 1. The molecule has 0 heterocycles. The van der Waals surface area contributed by atoms with E-state index in [0.29, 0.717) is 6.42 Å². The van der Waals surface area contributed by atoms with Crippen molar-refractivity contribution in [1.29, 1.82) is 0 Å². The van der Waals surface area contributed by atoms with Crippen LogP contribution in [0.3, 0.4) is 0 Å². The Labute approximate surface area is 93.7 Å². The lowest BCUT2D eigenvalue weighted by Gasteiger charge is -2.01. The fraction of sp³-hybridized carbons (Fsp3) is 0.692. The second-order valence-corrected chi connectivity index (χ2v) is 2.98. The minimum absolute atomic E-state index is 0.123. The van der Waals surface area contributed by atoms with Gasteiger partial charge < -0.3 is 5.11 Å². The molecule has 90 valence electrons. The number of allylic oxidation sites excluding steroid dienone is 3. The van der Waals surface area contributed by atoms with Gasteiger partial charge in [-0.3, -0.25) is 0 Å². The Morgan fingerprint density at radius 2 is 1.53 bits per heavy atom. The molecule has 0 aromatic heterocycles. The van der Waals surface area contributed by atoms with E-state index in [9.17, 15) is 9.50 Å². The van der Waals surface area contributed by atoms with E-state index in [-0.39, 0.29) is 12.2 Å². The quantitative estimate of drug-likeness (QED) is 0.488. The maximum atomic E-state index is 12.8. The predicted molar refractivity (Wildman–Crippen MR) is 65.7 cm³/mol. The average Bonchev–Trinajstić information content (AvgIpc) is 2.31. The van der Waals surface area contributed by atoms with Gasteiger partial charge in [-0.1, -0.05) is 46.3 Å². The number of aliphatic hydroxyl groups excluding tert-OH is 1. The van der Waals surface area contributed by atoms with Gasteiger partial charge in [0.25, 0.3) is 0 Å². The molecule has 1 nitrogen and oxygen atoms in total. The third-order valence-corrected chi connectivity index (χ3v) is 2.12. The lowest BCUT2D eigenvalue weighted by molar-refractivity contribution is 0.365. The first kappa shape index (κ1) is 16.6. The summed E-state index contributed by atoms with van der Waals surface area (Å²) in [5.74, 6) is -0.523. The van der Waals surface area contributed by atoms with Gasteiger partial charge in [-0.25, -0.2) is 4.39 Å². The molecule has 0 aliphatic heterocycles. The molecule has 0 saturated carbocycles. The Morgan fingerprint density at radius 1 is 1.07 bits per heavy atom. The van der Waals surface area contributed by atoms with Crippen LogP contribution in [-0.4, -0.2) is 5.11 Å². The van der Waals surface area contributed by atoms with E-state index in [1.165, 1.54) is 5.57 Å². The Balaban J connectivity index is 0. The van der Waals surface area contributed by atoms with Crippen LogP contribution in [0.2, 0.25) is 0 Å². The zero-order chi connectivity index (χ0) is 12.3. The van der Waals surface area contributed by atoms with E-state index in [1.807, 2.05) is 19.9 Å². The third kappa shape index (κ3) is 8.22. The van der Waals surface area contributed by atoms with E-state index in [2.05, 4.69) is 13.8 Å². The topological polar surface area (TPSA) is 20.2 Å². The van der Waals surface area contributed by atoms with Gasteiger partial charge in [-0.15, -0.1) is 0 Å². The van der Waals surface area contributed by atoms with E-state index in [0.717, 1.165) is 12.8 Å². The van der Waals surface area contributed by atoms with Crippen LogP contribution >= 0.6 is 0 Å². The first-order chi connectivity index (χ1) is 7.15. The first-order valence-electron chi connectivity index (χ1n) is 5.90. The first-order valence-corrected chi connectivity index (χ1v) is 5.90. The fourth-order valence-electron chi connectivity index (χ4n) is 1.09. The molecule has 0 radical (unpaired) electrons. The molecule has 0 bridgehead atoms. The monoisotopic (exact) mass is 216 g/mol. The molecule has 0 spiro atoms. The summed E-state index contributed by atoms with van der Waals surface area (Å²) in [5.41, 5.74) is 1.26. The van der Waals surface area contributed by atoms with Crippen LogP contribution in [0.4, 0.5) is 4.39 Å². The van der Waals surface area contributed by atoms with Gasteiger partial charge in [0.05, 0.1) is 0 Å². The summed E-state index contributed by atoms with van der Waals surface area (Å²) in [6.45, 7) is 9.81. The third-order valence-electron chi connectivity index (χ3n) is 2.12. The fourth-order valence-corrected chi connectivity index (χ4v) is 1.09. The second-order valence-electron chi connectivity index (χ2n) is 2.98. The summed E-state index contributed by atoms with van der Waals surface area (Å²) in [6.07, 6.45) is 4.45. The molecule has 0 aromatic carbocycles. The second kappa shape index (κ2) is 11.3. The van der Waals surface area contributed by atoms with Crippen molar-refractivity contribution in [3.8, 4) is 0 Å². The number of aliphatic hydroxyl groups is 1. The van der Waals surface area contributed by atoms with Gasteiger partial charge in [0.2, 0.25) is 0 Å². The van der Waals surface area contributed by atoms with Gasteiger partial charge in [0.15, 0.2) is 0 Å². The molecule has 0 atom stereocenters. The average molecular weight is 216 g/mol. The molecule has 0 aliphatic rings. The number of rotatable bonds is 5. The zero-order valence-corrected chi connectivity index (χ0v) is 10.7. The highest BCUT2D eigenvalue weighted by Gasteiger charge is 2.00. The lowest BCUT2D eigenvalue weighted by atomic mass is 10.1. The minimum atomic E-state index is -0.400. The largest absolute Gasteiger partial charge is 0.509 e. The van der Waals surface area contributed by atoms with Crippen LogP contribution in [0.1, 0.15) is 60.3 Å². The molecule has 1 N–H and O–H groups in total. The van der Waals surface area contributed by atoms with Gasteiger partial charge in [0.1, 0.15) is 11.6 Å². The van der Waals surface area contributed by atoms with Crippen LogP contribution in [0.15, 0.2) is 23.2 Å². The van der Waals surface area contributed by atoms with Crippen LogP contribution in [0, 0.1) is 0 Å². The highest BCUT2D eigenvalue weighted by atomic mass is 19.1. The molecular weight excluding hydrogens is 191 g/mol. The van der Waals surface area contributed by atoms with Gasteiger partial charge in [-0.05, 0) is 19.3 Å². The molecule has 0 unspecified atom stereocenters. The van der Waals surface area contributed by atoms with E-state index < -0.39 is 5.83 Å². The summed E-state index contributed by atoms with van der Waals surface area (Å²) < 4.78 is 12.8. The predicted octanol–water partition coefficient (Wildman–Crippen LogP) is 5.30. The zero-order valence-electron chi connectivity index (χ0n) is 10.7. The van der Waals surface area contributed by atoms with Crippen LogP contribution in [0.25, 0.3) is 0 Å². The SMILES string of the molecule is CC.CCC(=CC/C(O)=C(/F)CC)CC. The van der Waals surface area contributed by atoms with Crippen molar-refractivity contribution < 1.29 is 9.50 Å². The molecular formula is C13H25FO. The van der Waals surface area contributed by atoms with Crippen molar-refractivity contribution in [3.63, 3.8) is 0 Å². The maximum Gasteiger partial charge on any atom is 0.137 e. The van der Waals surface area contributed by atoms with Gasteiger partial charge >= 0.3 is 0 Å². The Kier molecular flexibility index (Phi) is 12.5. The van der Waals surface area contributed by atoms with Crippen LogP contribution in [-0.2, 0) is 0 Å². The summed E-state index contributed by atoms with van der Waals surface area (Å²) in [7, 11) is 0. The lowest BCUT2D eigenvalue weighted by Crippen LogP contribution is -1.86. The van der Waals surface area contributed by atoms with Crippen molar-refractivity contribution in [1.82, 2.24) is 0 Å². The summed E-state index contributed by atoms with van der Waals surface area (Å²) >= 11 is 0. The summed E-state index contributed by atoms with van der Waals surface area (Å²) in [6, 6.07) is 0. The summed E-state index contributed by atoms with van der Waals surface area (Å²) in [4.78, 5) is 0. The normalized spacial score (nSPS) is 11.1. The molecule has 0 aliphatic carbocycles. The standard InChI is InChI=1S/C11H19FO.C2H6/c1-4-9(5-2)7-8-11(13)10(12)6-3;1-2/h7,13H,4-6,8H2,1-3H3;1-2H3/b11-10-;. The van der Waals surface area contributed by atoms with Crippen molar-refractivity contribution in [2.75, 3.05) is 0 Å². The van der Waals surface area contributed by atoms with E-state index in [1.54, 1.807) is 6.92 Å². The Bertz CT molecular complexity index is 199. The molecule has 0 saturated heterocycles. The molecule has 15 heavy (non-hydrogen) atoms. The molecule has 0 fully saturated rings. The van der Waals surface area contributed by atoms with Crippen molar-refractivity contribution in [3.05, 3.63) is 23.2 Å². The van der Waals surface area contributed by atoms with Crippen LogP contribution in [0.5, 0.6) is 0 Å². The number of hydrogen-bond acceptors (Lipinski definition) is 1. The molecule has 0 amide bonds. The van der Waals surface area contributed by atoms with E-state index >= 15 is 0 Å². The smallest absolute Gasteiger partial charge is 0.137 e. The van der Waals surface area contributed by atoms with E-state index in [4.69, 9.17) is 0 Å². The summed E-state index contributed by atoms with van der Waals surface area (Å²) in [5, 5.41) is 9.22. The maximum absolute atomic E-state index is 12.8.